The number of nitrogens with one attached hydrogen (secondary N) is 1. The third-order valence-electron chi connectivity index (χ3n) is 0.408. The van der Waals surface area contributed by atoms with E-state index in [9.17, 15) is 0 Å². The first-order valence-corrected chi connectivity index (χ1v) is 1.70. The fourth-order valence-electron chi connectivity index (χ4n) is 0. The van der Waals surface area contributed by atoms with Crippen molar-refractivity contribution in [3.8, 4) is 0 Å². The third-order valence-corrected chi connectivity index (χ3v) is 0.408. The van der Waals surface area contributed by atoms with Gasteiger partial charge in [0.15, 0.2) is 0 Å². The number of halogens is 1. The molecule has 0 aliphatic heterocycles. The third kappa shape index (κ3) is 8.83. The van der Waals surface area contributed by atoms with Crippen molar-refractivity contribution in [1.29, 1.82) is 0 Å². The van der Waals surface area contributed by atoms with Gasteiger partial charge in [0.05, 0.1) is 20.3 Å². The maximum absolute atomic E-state index is 3.52. The first-order valence-electron chi connectivity index (χ1n) is 1.70. The molecule has 1 nitrogen and oxygen atoms in total. The molecule has 6 heavy (non-hydrogen) atoms. The SMILES string of the molecule is C=C[NH+](C)C.[I-]. The molecular formula is C4H10IN. The second kappa shape index (κ2) is 5.43. The molecule has 0 aromatic heterocycles. The molecule has 0 spiro atoms. The van der Waals surface area contributed by atoms with Gasteiger partial charge in [-0.25, -0.2) is 0 Å². The lowest BCUT2D eigenvalue weighted by atomic mass is 10.9. The van der Waals surface area contributed by atoms with Gasteiger partial charge in [0.25, 0.3) is 0 Å². The fraction of sp³-hybridized carbons (Fsp3) is 0.500. The zero-order valence-electron chi connectivity index (χ0n) is 4.16. The Morgan fingerprint density at radius 1 is 1.50 bits per heavy atom. The summed E-state index contributed by atoms with van der Waals surface area (Å²) in [6, 6.07) is 0. The predicted molar refractivity (Wildman–Crippen MR) is 23.0 cm³/mol. The van der Waals surface area contributed by atoms with Crippen LogP contribution in [0.15, 0.2) is 12.8 Å². The van der Waals surface area contributed by atoms with Crippen LogP contribution in [0.5, 0.6) is 0 Å². The highest BCUT2D eigenvalue weighted by atomic mass is 127. The summed E-state index contributed by atoms with van der Waals surface area (Å²) in [5, 5.41) is 0. The van der Waals surface area contributed by atoms with Gasteiger partial charge < -0.3 is 28.9 Å². The molecule has 2 heteroatoms. The van der Waals surface area contributed by atoms with E-state index in [0.29, 0.717) is 0 Å². The highest BCUT2D eigenvalue weighted by Crippen LogP contribution is 1.21. The molecule has 0 fully saturated rings. The van der Waals surface area contributed by atoms with E-state index in [1.165, 1.54) is 4.90 Å². The standard InChI is InChI=1S/C4H9N.HI/c1-4-5(2)3;/h4H,1H2,2-3H3;1H. The summed E-state index contributed by atoms with van der Waals surface area (Å²) >= 11 is 0. The van der Waals surface area contributed by atoms with Crippen LogP contribution in [-0.4, -0.2) is 14.1 Å². The van der Waals surface area contributed by atoms with Crippen LogP contribution < -0.4 is 28.9 Å². The van der Waals surface area contributed by atoms with Crippen LogP contribution in [-0.2, 0) is 0 Å². The topological polar surface area (TPSA) is 4.44 Å². The Balaban J connectivity index is 0. The van der Waals surface area contributed by atoms with E-state index < -0.39 is 0 Å². The number of rotatable bonds is 1. The van der Waals surface area contributed by atoms with Crippen molar-refractivity contribution in [2.75, 3.05) is 14.1 Å². The predicted octanol–water partition coefficient (Wildman–Crippen LogP) is -3.72. The molecule has 1 N–H and O–H groups in total. The Bertz CT molecular complexity index is 34.5. The Kier molecular flexibility index (Phi) is 8.74. The van der Waals surface area contributed by atoms with E-state index in [0.717, 1.165) is 0 Å². The molecule has 38 valence electrons. The molecule has 0 saturated carbocycles. The first kappa shape index (κ1) is 9.66. The van der Waals surface area contributed by atoms with Gasteiger partial charge in [0.1, 0.15) is 0 Å². The summed E-state index contributed by atoms with van der Waals surface area (Å²) in [6.07, 6.45) is 1.83. The molecule has 0 unspecified atom stereocenters. The normalized spacial score (nSPS) is 7.17. The van der Waals surface area contributed by atoms with Crippen LogP contribution in [0.1, 0.15) is 0 Å². The van der Waals surface area contributed by atoms with Crippen LogP contribution in [0.2, 0.25) is 0 Å². The lowest BCUT2D eigenvalue weighted by Crippen LogP contribution is -3.00. The lowest BCUT2D eigenvalue weighted by molar-refractivity contribution is -0.801. The zero-order valence-corrected chi connectivity index (χ0v) is 6.32. The molecule has 0 aromatic rings. The first-order chi connectivity index (χ1) is 2.27. The van der Waals surface area contributed by atoms with Crippen LogP contribution in [0.4, 0.5) is 0 Å². The van der Waals surface area contributed by atoms with Gasteiger partial charge in [0.2, 0.25) is 0 Å². The Morgan fingerprint density at radius 3 is 1.67 bits per heavy atom. The van der Waals surface area contributed by atoms with Gasteiger partial charge in [-0.1, -0.05) is 0 Å². The maximum Gasteiger partial charge on any atom is 0.0865 e. The van der Waals surface area contributed by atoms with Crippen molar-refractivity contribution in [2.24, 2.45) is 0 Å². The van der Waals surface area contributed by atoms with Crippen LogP contribution in [0.3, 0.4) is 0 Å². The molecule has 0 heterocycles. The van der Waals surface area contributed by atoms with Crippen molar-refractivity contribution >= 4 is 0 Å². The molecule has 0 rings (SSSR count). The van der Waals surface area contributed by atoms with Crippen molar-refractivity contribution in [3.63, 3.8) is 0 Å². The molecule has 0 aliphatic rings. The molecule has 0 aliphatic carbocycles. The summed E-state index contributed by atoms with van der Waals surface area (Å²) in [5.41, 5.74) is 0. The Hall–Kier alpha value is 0.430. The van der Waals surface area contributed by atoms with Gasteiger partial charge in [-0.15, -0.1) is 0 Å². The van der Waals surface area contributed by atoms with Gasteiger partial charge in [-0.2, -0.15) is 0 Å². The molecule has 0 saturated heterocycles. The average molecular weight is 199 g/mol. The minimum absolute atomic E-state index is 0. The average Bonchev–Trinajstić information content (AvgIpc) is 1.38. The van der Waals surface area contributed by atoms with Gasteiger partial charge in [-0.05, 0) is 6.58 Å². The van der Waals surface area contributed by atoms with Gasteiger partial charge >= 0.3 is 0 Å². The summed E-state index contributed by atoms with van der Waals surface area (Å²) in [4.78, 5) is 1.27. The van der Waals surface area contributed by atoms with E-state index in [-0.39, 0.29) is 24.0 Å². The summed E-state index contributed by atoms with van der Waals surface area (Å²) in [7, 11) is 4.04. The molecule has 0 amide bonds. The summed E-state index contributed by atoms with van der Waals surface area (Å²) in [5.74, 6) is 0. The number of quaternary nitrogens is 1. The molecule has 0 radical (unpaired) electrons. The van der Waals surface area contributed by atoms with Crippen molar-refractivity contribution in [1.82, 2.24) is 0 Å². The largest absolute Gasteiger partial charge is 1.00 e. The monoisotopic (exact) mass is 199 g/mol. The van der Waals surface area contributed by atoms with Gasteiger partial charge in [0, 0.05) is 0 Å². The van der Waals surface area contributed by atoms with E-state index in [2.05, 4.69) is 6.58 Å². The summed E-state index contributed by atoms with van der Waals surface area (Å²) in [6.45, 7) is 3.52. The van der Waals surface area contributed by atoms with Crippen molar-refractivity contribution in [3.05, 3.63) is 12.8 Å². The quantitative estimate of drug-likeness (QED) is 0.414. The highest BCUT2D eigenvalue weighted by Gasteiger charge is 1.69. The highest BCUT2D eigenvalue weighted by molar-refractivity contribution is 4.40. The van der Waals surface area contributed by atoms with E-state index in [1.54, 1.807) is 0 Å². The fourth-order valence-corrected chi connectivity index (χ4v) is 0. The minimum Gasteiger partial charge on any atom is -1.00 e. The van der Waals surface area contributed by atoms with Crippen LogP contribution in [0.25, 0.3) is 0 Å². The second-order valence-electron chi connectivity index (χ2n) is 1.28. The molecular weight excluding hydrogens is 189 g/mol. The summed E-state index contributed by atoms with van der Waals surface area (Å²) < 4.78 is 0. The van der Waals surface area contributed by atoms with E-state index >= 15 is 0 Å². The lowest BCUT2D eigenvalue weighted by Gasteiger charge is -1.91. The van der Waals surface area contributed by atoms with Crippen molar-refractivity contribution < 1.29 is 28.9 Å². The minimum atomic E-state index is 0. The van der Waals surface area contributed by atoms with Gasteiger partial charge in [-0.3, -0.25) is 0 Å². The van der Waals surface area contributed by atoms with Crippen LogP contribution in [0, 0.1) is 0 Å². The smallest absolute Gasteiger partial charge is 0.0865 e. The molecule has 0 aromatic carbocycles. The number of hydrogen-bond donors (Lipinski definition) is 1. The van der Waals surface area contributed by atoms with E-state index in [4.69, 9.17) is 0 Å². The van der Waals surface area contributed by atoms with E-state index in [1.807, 2.05) is 20.3 Å². The Morgan fingerprint density at radius 2 is 1.67 bits per heavy atom. The van der Waals surface area contributed by atoms with Crippen molar-refractivity contribution in [2.45, 2.75) is 0 Å². The Labute approximate surface area is 56.0 Å². The number of hydrogen-bond acceptors (Lipinski definition) is 0. The van der Waals surface area contributed by atoms with Crippen LogP contribution >= 0.6 is 0 Å². The molecule has 0 bridgehead atoms. The zero-order chi connectivity index (χ0) is 4.28. The maximum atomic E-state index is 3.52. The second-order valence-corrected chi connectivity index (χ2v) is 1.28. The molecule has 0 atom stereocenters.